The van der Waals surface area contributed by atoms with Gasteiger partial charge in [-0.05, 0) is 12.8 Å². The van der Waals surface area contributed by atoms with Gasteiger partial charge in [-0.25, -0.2) is 0 Å². The minimum absolute atomic E-state index is 0.00175. The predicted molar refractivity (Wildman–Crippen MR) is 60.8 cm³/mol. The van der Waals surface area contributed by atoms with Crippen LogP contribution in [0.3, 0.4) is 0 Å². The third kappa shape index (κ3) is 3.59. The molecule has 0 aliphatic carbocycles. The lowest BCUT2D eigenvalue weighted by molar-refractivity contribution is -0.139. The molecule has 1 heterocycles. The molecule has 0 radical (unpaired) electrons. The molecule has 0 aromatic rings. The summed E-state index contributed by atoms with van der Waals surface area (Å²) >= 11 is 0. The van der Waals surface area contributed by atoms with Gasteiger partial charge in [0.2, 0.25) is 11.8 Å². The van der Waals surface area contributed by atoms with E-state index in [0.717, 1.165) is 32.3 Å². The molecule has 1 fully saturated rings. The molecular formula is C12H21NO3. The Kier molecular flexibility index (Phi) is 5.46. The van der Waals surface area contributed by atoms with Gasteiger partial charge in [-0.3, -0.25) is 14.5 Å². The van der Waals surface area contributed by atoms with Crippen LogP contribution in [0.25, 0.3) is 0 Å². The van der Waals surface area contributed by atoms with Crippen LogP contribution in [-0.2, 0) is 14.3 Å². The fourth-order valence-corrected chi connectivity index (χ4v) is 1.95. The van der Waals surface area contributed by atoms with Gasteiger partial charge in [0.05, 0.1) is 0 Å². The lowest BCUT2D eigenvalue weighted by atomic mass is 10.1. The zero-order valence-corrected chi connectivity index (χ0v) is 10.2. The Morgan fingerprint density at radius 2 is 1.94 bits per heavy atom. The van der Waals surface area contributed by atoms with Crippen molar-refractivity contribution in [1.29, 1.82) is 0 Å². The maximum absolute atomic E-state index is 11.6. The molecule has 0 saturated carbocycles. The molecule has 1 aliphatic rings. The van der Waals surface area contributed by atoms with Crippen molar-refractivity contribution in [1.82, 2.24) is 4.90 Å². The Morgan fingerprint density at radius 3 is 2.50 bits per heavy atom. The SMILES string of the molecule is COCCCCCCN1C(=O)CC(C)C1=O. The van der Waals surface area contributed by atoms with E-state index in [4.69, 9.17) is 4.74 Å². The molecule has 92 valence electrons. The van der Waals surface area contributed by atoms with Crippen molar-refractivity contribution < 1.29 is 14.3 Å². The van der Waals surface area contributed by atoms with Crippen LogP contribution in [-0.4, -0.2) is 37.0 Å². The first-order valence-corrected chi connectivity index (χ1v) is 6.00. The van der Waals surface area contributed by atoms with Gasteiger partial charge in [0.25, 0.3) is 0 Å². The topological polar surface area (TPSA) is 46.6 Å². The van der Waals surface area contributed by atoms with E-state index >= 15 is 0 Å². The third-order valence-electron chi connectivity index (χ3n) is 2.95. The van der Waals surface area contributed by atoms with E-state index in [0.29, 0.717) is 13.0 Å². The molecule has 0 aromatic heterocycles. The highest BCUT2D eigenvalue weighted by Gasteiger charge is 2.34. The number of nitrogens with zero attached hydrogens (tertiary/aromatic N) is 1. The second kappa shape index (κ2) is 6.63. The van der Waals surface area contributed by atoms with Crippen LogP contribution < -0.4 is 0 Å². The number of amides is 2. The van der Waals surface area contributed by atoms with E-state index in [2.05, 4.69) is 0 Å². The lowest BCUT2D eigenvalue weighted by Crippen LogP contribution is -2.31. The molecule has 1 saturated heterocycles. The average molecular weight is 227 g/mol. The quantitative estimate of drug-likeness (QED) is 0.490. The van der Waals surface area contributed by atoms with Crippen LogP contribution in [0, 0.1) is 5.92 Å². The van der Waals surface area contributed by atoms with Crippen LogP contribution in [0.4, 0.5) is 0 Å². The van der Waals surface area contributed by atoms with Gasteiger partial charge in [-0.1, -0.05) is 19.8 Å². The maximum atomic E-state index is 11.6. The largest absolute Gasteiger partial charge is 0.385 e. The molecule has 0 spiro atoms. The van der Waals surface area contributed by atoms with Crippen molar-refractivity contribution in [2.75, 3.05) is 20.3 Å². The second-order valence-corrected chi connectivity index (χ2v) is 4.40. The number of likely N-dealkylation sites (tertiary alicyclic amines) is 1. The number of imide groups is 1. The number of hydrogen-bond acceptors (Lipinski definition) is 3. The van der Waals surface area contributed by atoms with Crippen LogP contribution in [0.1, 0.15) is 39.0 Å². The maximum Gasteiger partial charge on any atom is 0.232 e. The summed E-state index contributed by atoms with van der Waals surface area (Å²) in [6.45, 7) is 3.20. The molecule has 0 aromatic carbocycles. The number of unbranched alkanes of at least 4 members (excludes halogenated alkanes) is 3. The molecule has 0 bridgehead atoms. The molecular weight excluding hydrogens is 206 g/mol. The fourth-order valence-electron chi connectivity index (χ4n) is 1.95. The van der Waals surface area contributed by atoms with Crippen molar-refractivity contribution in [3.8, 4) is 0 Å². The summed E-state index contributed by atoms with van der Waals surface area (Å²) in [6, 6.07) is 0. The first-order valence-electron chi connectivity index (χ1n) is 6.00. The number of ether oxygens (including phenoxy) is 1. The molecule has 4 heteroatoms. The number of carbonyl (C=O) groups is 2. The highest BCUT2D eigenvalue weighted by Crippen LogP contribution is 2.19. The van der Waals surface area contributed by atoms with Gasteiger partial charge in [0.15, 0.2) is 0 Å². The molecule has 2 amide bonds. The number of methoxy groups -OCH3 is 1. The van der Waals surface area contributed by atoms with E-state index in [9.17, 15) is 9.59 Å². The summed E-state index contributed by atoms with van der Waals surface area (Å²) in [5, 5.41) is 0. The first-order chi connectivity index (χ1) is 7.66. The Bertz CT molecular complexity index is 253. The predicted octanol–water partition coefficient (Wildman–Crippen LogP) is 1.59. The summed E-state index contributed by atoms with van der Waals surface area (Å²) in [5.41, 5.74) is 0. The molecule has 16 heavy (non-hydrogen) atoms. The van der Waals surface area contributed by atoms with Crippen molar-refractivity contribution in [3.63, 3.8) is 0 Å². The minimum Gasteiger partial charge on any atom is -0.385 e. The van der Waals surface area contributed by atoms with E-state index in [1.54, 1.807) is 7.11 Å². The smallest absolute Gasteiger partial charge is 0.232 e. The summed E-state index contributed by atoms with van der Waals surface area (Å²) in [6.07, 6.45) is 4.50. The molecule has 0 N–H and O–H groups in total. The Labute approximate surface area is 96.9 Å². The summed E-state index contributed by atoms with van der Waals surface area (Å²) < 4.78 is 4.95. The van der Waals surface area contributed by atoms with E-state index < -0.39 is 0 Å². The van der Waals surface area contributed by atoms with Crippen LogP contribution in [0.15, 0.2) is 0 Å². The lowest BCUT2D eigenvalue weighted by Gasteiger charge is -2.13. The Balaban J connectivity index is 2.13. The number of carbonyl (C=O) groups excluding carboxylic acids is 2. The standard InChI is InChI=1S/C12H21NO3/c1-10-9-11(14)13(12(10)15)7-5-3-4-6-8-16-2/h10H,3-9H2,1-2H3. The van der Waals surface area contributed by atoms with E-state index in [1.165, 1.54) is 4.90 Å². The summed E-state index contributed by atoms with van der Waals surface area (Å²) in [5.74, 6) is -0.114. The van der Waals surface area contributed by atoms with Crippen LogP contribution >= 0.6 is 0 Å². The first kappa shape index (κ1) is 13.2. The van der Waals surface area contributed by atoms with Crippen molar-refractivity contribution in [2.45, 2.75) is 39.0 Å². The van der Waals surface area contributed by atoms with Crippen LogP contribution in [0.2, 0.25) is 0 Å². The minimum atomic E-state index is -0.110. The van der Waals surface area contributed by atoms with Gasteiger partial charge >= 0.3 is 0 Å². The van der Waals surface area contributed by atoms with E-state index in [-0.39, 0.29) is 17.7 Å². The van der Waals surface area contributed by atoms with Gasteiger partial charge in [0, 0.05) is 32.6 Å². The summed E-state index contributed by atoms with van der Waals surface area (Å²) in [7, 11) is 1.70. The highest BCUT2D eigenvalue weighted by atomic mass is 16.5. The molecule has 4 nitrogen and oxygen atoms in total. The van der Waals surface area contributed by atoms with Gasteiger partial charge in [-0.15, -0.1) is 0 Å². The zero-order valence-electron chi connectivity index (χ0n) is 10.2. The van der Waals surface area contributed by atoms with Crippen molar-refractivity contribution in [2.24, 2.45) is 5.92 Å². The second-order valence-electron chi connectivity index (χ2n) is 4.40. The van der Waals surface area contributed by atoms with Gasteiger partial charge < -0.3 is 4.74 Å². The number of rotatable bonds is 7. The Morgan fingerprint density at radius 1 is 1.25 bits per heavy atom. The third-order valence-corrected chi connectivity index (χ3v) is 2.95. The fraction of sp³-hybridized carbons (Fsp3) is 0.833. The summed E-state index contributed by atoms with van der Waals surface area (Å²) in [4.78, 5) is 24.4. The van der Waals surface area contributed by atoms with E-state index in [1.807, 2.05) is 6.92 Å². The van der Waals surface area contributed by atoms with Gasteiger partial charge in [-0.2, -0.15) is 0 Å². The molecule has 1 atom stereocenters. The van der Waals surface area contributed by atoms with Gasteiger partial charge in [0.1, 0.15) is 0 Å². The highest BCUT2D eigenvalue weighted by molar-refractivity contribution is 6.03. The van der Waals surface area contributed by atoms with Crippen molar-refractivity contribution in [3.05, 3.63) is 0 Å². The average Bonchev–Trinajstić information content (AvgIpc) is 2.49. The molecule has 1 rings (SSSR count). The van der Waals surface area contributed by atoms with Crippen LogP contribution in [0.5, 0.6) is 0 Å². The zero-order chi connectivity index (χ0) is 12.0. The number of hydrogen-bond donors (Lipinski definition) is 0. The Hall–Kier alpha value is -0.900. The molecule has 1 unspecified atom stereocenters. The normalized spacial score (nSPS) is 20.9. The molecule has 1 aliphatic heterocycles. The monoisotopic (exact) mass is 227 g/mol. The van der Waals surface area contributed by atoms with Crippen molar-refractivity contribution >= 4 is 11.8 Å².